The number of carbonyl (C=O) groups excluding carboxylic acids is 1. The van der Waals surface area contributed by atoms with Crippen LogP contribution < -0.4 is 5.32 Å². The molecule has 0 fully saturated rings. The Morgan fingerprint density at radius 2 is 2.10 bits per heavy atom. The highest BCUT2D eigenvalue weighted by Gasteiger charge is 2.06. The number of hydrogen-bond donors (Lipinski definition) is 1. The number of anilines is 1. The van der Waals surface area contributed by atoms with Crippen LogP contribution in [0.5, 0.6) is 0 Å². The minimum Gasteiger partial charge on any atom is -0.326 e. The molecule has 0 aliphatic rings. The van der Waals surface area contributed by atoms with Crippen molar-refractivity contribution in [2.45, 2.75) is 6.42 Å². The van der Waals surface area contributed by atoms with Crippen LogP contribution in [0.3, 0.4) is 0 Å². The van der Waals surface area contributed by atoms with Gasteiger partial charge in [-0.25, -0.2) is 0 Å². The lowest BCUT2D eigenvalue weighted by atomic mass is 10.1. The monoisotopic (exact) mass is 348 g/mol. The lowest BCUT2D eigenvalue weighted by molar-refractivity contribution is -0.115. The van der Waals surface area contributed by atoms with E-state index in [1.807, 2.05) is 30.3 Å². The molecule has 1 amide bonds. The molecule has 0 heterocycles. The number of nitrogens with one attached hydrogen (secondary N) is 1. The topological polar surface area (TPSA) is 52.9 Å². The van der Waals surface area contributed by atoms with E-state index in [0.29, 0.717) is 16.3 Å². The van der Waals surface area contributed by atoms with Crippen LogP contribution in [0.2, 0.25) is 5.02 Å². The van der Waals surface area contributed by atoms with Gasteiger partial charge in [0, 0.05) is 10.2 Å². The van der Waals surface area contributed by atoms with Crippen LogP contribution in [0.25, 0.3) is 0 Å². The molecule has 0 aromatic heterocycles. The molecule has 0 unspecified atom stereocenters. The summed E-state index contributed by atoms with van der Waals surface area (Å²) in [5.74, 6) is -0.135. The summed E-state index contributed by atoms with van der Waals surface area (Å²) in [6, 6.07) is 14.3. The number of nitrogens with zero attached hydrogens (tertiary/aromatic N) is 1. The average Bonchev–Trinajstić information content (AvgIpc) is 2.38. The Bertz CT molecular complexity index is 695. The van der Waals surface area contributed by atoms with Crippen LogP contribution in [-0.2, 0) is 11.2 Å². The minimum absolute atomic E-state index is 0.135. The van der Waals surface area contributed by atoms with Crippen molar-refractivity contribution < 1.29 is 4.79 Å². The zero-order valence-electron chi connectivity index (χ0n) is 10.4. The normalized spacial score (nSPS) is 9.85. The third kappa shape index (κ3) is 3.83. The minimum atomic E-state index is -0.135. The van der Waals surface area contributed by atoms with Crippen molar-refractivity contribution in [2.24, 2.45) is 0 Å². The first-order valence-corrected chi connectivity index (χ1v) is 6.99. The van der Waals surface area contributed by atoms with Crippen molar-refractivity contribution in [2.75, 3.05) is 5.32 Å². The summed E-state index contributed by atoms with van der Waals surface area (Å²) in [4.78, 5) is 11.9. The Kier molecular flexibility index (Phi) is 4.78. The quantitative estimate of drug-likeness (QED) is 0.905. The highest BCUT2D eigenvalue weighted by atomic mass is 79.9. The molecular weight excluding hydrogens is 340 g/mol. The van der Waals surface area contributed by atoms with E-state index in [-0.39, 0.29) is 12.3 Å². The third-order valence-electron chi connectivity index (χ3n) is 2.63. The lowest BCUT2D eigenvalue weighted by Crippen LogP contribution is -2.14. The summed E-state index contributed by atoms with van der Waals surface area (Å²) in [6.07, 6.45) is 0.275. The van der Waals surface area contributed by atoms with E-state index in [1.54, 1.807) is 18.2 Å². The SMILES string of the molecule is N#Cc1ccc(NC(=O)Cc2cccc(Br)c2)cc1Cl. The van der Waals surface area contributed by atoms with Gasteiger partial charge in [-0.1, -0.05) is 39.7 Å². The van der Waals surface area contributed by atoms with Gasteiger partial charge in [-0.2, -0.15) is 5.26 Å². The van der Waals surface area contributed by atoms with Crippen molar-refractivity contribution in [1.82, 2.24) is 0 Å². The first-order valence-electron chi connectivity index (χ1n) is 5.82. The second-order valence-electron chi connectivity index (χ2n) is 4.16. The third-order valence-corrected chi connectivity index (χ3v) is 3.43. The van der Waals surface area contributed by atoms with Gasteiger partial charge in [0.2, 0.25) is 5.91 Å². The molecule has 20 heavy (non-hydrogen) atoms. The molecule has 5 heteroatoms. The van der Waals surface area contributed by atoms with E-state index < -0.39 is 0 Å². The number of carbonyl (C=O) groups is 1. The highest BCUT2D eigenvalue weighted by molar-refractivity contribution is 9.10. The molecule has 2 rings (SSSR count). The van der Waals surface area contributed by atoms with Crippen LogP contribution >= 0.6 is 27.5 Å². The first-order chi connectivity index (χ1) is 9.58. The van der Waals surface area contributed by atoms with Crippen LogP contribution in [-0.4, -0.2) is 5.91 Å². The fourth-order valence-electron chi connectivity index (χ4n) is 1.72. The molecule has 0 radical (unpaired) electrons. The molecule has 100 valence electrons. The molecule has 0 aliphatic carbocycles. The number of rotatable bonds is 3. The number of halogens is 2. The second-order valence-corrected chi connectivity index (χ2v) is 5.48. The molecule has 0 spiro atoms. The summed E-state index contributed by atoms with van der Waals surface area (Å²) in [7, 11) is 0. The van der Waals surface area contributed by atoms with Gasteiger partial charge in [-0.05, 0) is 35.9 Å². The van der Waals surface area contributed by atoms with Crippen molar-refractivity contribution >= 4 is 39.1 Å². The fraction of sp³-hybridized carbons (Fsp3) is 0.0667. The maximum absolute atomic E-state index is 11.9. The molecule has 0 atom stereocenters. The highest BCUT2D eigenvalue weighted by Crippen LogP contribution is 2.20. The van der Waals surface area contributed by atoms with Crippen molar-refractivity contribution in [3.8, 4) is 6.07 Å². The van der Waals surface area contributed by atoms with Gasteiger partial charge in [-0.15, -0.1) is 0 Å². The van der Waals surface area contributed by atoms with Gasteiger partial charge in [0.1, 0.15) is 6.07 Å². The van der Waals surface area contributed by atoms with Gasteiger partial charge in [-0.3, -0.25) is 4.79 Å². The van der Waals surface area contributed by atoms with Gasteiger partial charge in [0.15, 0.2) is 0 Å². The van der Waals surface area contributed by atoms with Crippen LogP contribution in [0, 0.1) is 11.3 Å². The molecule has 1 N–H and O–H groups in total. The van der Waals surface area contributed by atoms with Crippen molar-refractivity contribution in [3.63, 3.8) is 0 Å². The van der Waals surface area contributed by atoms with Crippen LogP contribution in [0.1, 0.15) is 11.1 Å². The van der Waals surface area contributed by atoms with Crippen LogP contribution in [0.15, 0.2) is 46.9 Å². The summed E-state index contributed by atoms with van der Waals surface area (Å²) in [6.45, 7) is 0. The Hall–Kier alpha value is -1.83. The zero-order valence-corrected chi connectivity index (χ0v) is 12.7. The molecular formula is C15H10BrClN2O. The lowest BCUT2D eigenvalue weighted by Gasteiger charge is -2.06. The number of amides is 1. The first kappa shape index (κ1) is 14.6. The fourth-order valence-corrected chi connectivity index (χ4v) is 2.39. The maximum atomic E-state index is 11.9. The molecule has 3 nitrogen and oxygen atoms in total. The summed E-state index contributed by atoms with van der Waals surface area (Å²) < 4.78 is 0.934. The number of nitriles is 1. The average molecular weight is 350 g/mol. The van der Waals surface area contributed by atoms with E-state index in [9.17, 15) is 4.79 Å². The summed E-state index contributed by atoms with van der Waals surface area (Å²) in [5, 5.41) is 11.9. The number of benzene rings is 2. The Morgan fingerprint density at radius 3 is 2.75 bits per heavy atom. The number of hydrogen-bond acceptors (Lipinski definition) is 2. The van der Waals surface area contributed by atoms with E-state index in [0.717, 1.165) is 10.0 Å². The Balaban J connectivity index is 2.05. The Labute approximate surface area is 130 Å². The molecule has 0 aliphatic heterocycles. The molecule has 0 bridgehead atoms. The second kappa shape index (κ2) is 6.56. The van der Waals surface area contributed by atoms with Crippen LogP contribution in [0.4, 0.5) is 5.69 Å². The maximum Gasteiger partial charge on any atom is 0.228 e. The Morgan fingerprint density at radius 1 is 1.30 bits per heavy atom. The molecule has 2 aromatic rings. The van der Waals surface area contributed by atoms with Gasteiger partial charge < -0.3 is 5.32 Å². The predicted octanol–water partition coefficient (Wildman–Crippen LogP) is 4.16. The van der Waals surface area contributed by atoms with Crippen molar-refractivity contribution in [1.29, 1.82) is 5.26 Å². The van der Waals surface area contributed by atoms with Gasteiger partial charge in [0.25, 0.3) is 0 Å². The summed E-state index contributed by atoms with van der Waals surface area (Å²) >= 11 is 9.28. The summed E-state index contributed by atoms with van der Waals surface area (Å²) in [5.41, 5.74) is 1.88. The van der Waals surface area contributed by atoms with Crippen molar-refractivity contribution in [3.05, 3.63) is 63.1 Å². The largest absolute Gasteiger partial charge is 0.326 e. The van der Waals surface area contributed by atoms with E-state index in [2.05, 4.69) is 21.2 Å². The molecule has 0 saturated heterocycles. The zero-order chi connectivity index (χ0) is 14.5. The molecule has 2 aromatic carbocycles. The van der Waals surface area contributed by atoms with Gasteiger partial charge in [0.05, 0.1) is 17.0 Å². The van der Waals surface area contributed by atoms with E-state index >= 15 is 0 Å². The van der Waals surface area contributed by atoms with E-state index in [1.165, 1.54) is 0 Å². The molecule has 0 saturated carbocycles. The van der Waals surface area contributed by atoms with E-state index in [4.69, 9.17) is 16.9 Å². The standard InChI is InChI=1S/C15H10BrClN2O/c16-12-3-1-2-10(6-12)7-15(20)19-13-5-4-11(9-18)14(17)8-13/h1-6,8H,7H2,(H,19,20). The predicted molar refractivity (Wildman–Crippen MR) is 82.6 cm³/mol. The van der Waals surface area contributed by atoms with Gasteiger partial charge >= 0.3 is 0 Å². The smallest absolute Gasteiger partial charge is 0.228 e.